The summed E-state index contributed by atoms with van der Waals surface area (Å²) in [5, 5.41) is 10.6. The van der Waals surface area contributed by atoms with E-state index in [9.17, 15) is 24.1 Å². The molecular formula is C11H8FN3O5. The average Bonchev–Trinajstić information content (AvgIpc) is 2.37. The number of halogens is 1. The second kappa shape index (κ2) is 5.03. The Morgan fingerprint density at radius 3 is 2.85 bits per heavy atom. The number of nitro groups is 1. The number of nitro benzene ring substituents is 1. The number of rotatable bonds is 3. The van der Waals surface area contributed by atoms with Crippen molar-refractivity contribution in [3.63, 3.8) is 0 Å². The highest BCUT2D eigenvalue weighted by Crippen LogP contribution is 2.21. The molecule has 0 radical (unpaired) electrons. The topological polar surface area (TPSA) is 115 Å². The summed E-state index contributed by atoms with van der Waals surface area (Å²) in [6.45, 7) is 1.60. The molecule has 2 rings (SSSR count). The molecule has 1 aromatic heterocycles. The van der Waals surface area contributed by atoms with Gasteiger partial charge in [0.05, 0.1) is 22.6 Å². The number of aromatic nitrogens is 2. The van der Waals surface area contributed by atoms with Gasteiger partial charge in [0.25, 0.3) is 5.56 Å². The van der Waals surface area contributed by atoms with Gasteiger partial charge in [-0.1, -0.05) is 0 Å². The Kier molecular flexibility index (Phi) is 3.42. The lowest BCUT2D eigenvalue weighted by Gasteiger charge is -2.03. The van der Waals surface area contributed by atoms with Crippen molar-refractivity contribution in [3.05, 3.63) is 44.1 Å². The Balaban J connectivity index is 2.66. The Labute approximate surface area is 110 Å². The molecule has 104 valence electrons. The quantitative estimate of drug-likeness (QED) is 0.512. The lowest BCUT2D eigenvalue weighted by molar-refractivity contribution is -0.387. The van der Waals surface area contributed by atoms with E-state index in [0.717, 1.165) is 12.1 Å². The number of carbonyl (C=O) groups excluding carboxylic acids is 1. The predicted octanol–water partition coefficient (Wildman–Crippen LogP) is 1.15. The number of ether oxygens (including phenoxy) is 1. The highest BCUT2D eigenvalue weighted by molar-refractivity contribution is 5.89. The average molecular weight is 281 g/mol. The van der Waals surface area contributed by atoms with Gasteiger partial charge in [-0.15, -0.1) is 0 Å². The van der Waals surface area contributed by atoms with Gasteiger partial charge in [0, 0.05) is 12.1 Å². The second-order valence-electron chi connectivity index (χ2n) is 3.71. The number of carbonyl (C=O) groups is 1. The van der Waals surface area contributed by atoms with Gasteiger partial charge in [-0.2, -0.15) is 4.39 Å². The van der Waals surface area contributed by atoms with Crippen molar-refractivity contribution in [1.29, 1.82) is 0 Å². The third kappa shape index (κ3) is 2.32. The van der Waals surface area contributed by atoms with Gasteiger partial charge in [-0.3, -0.25) is 14.9 Å². The van der Waals surface area contributed by atoms with E-state index in [2.05, 4.69) is 14.7 Å². The van der Waals surface area contributed by atoms with Crippen LogP contribution in [0.1, 0.15) is 17.4 Å². The maximum Gasteiger partial charge on any atom is 0.362 e. The second-order valence-corrected chi connectivity index (χ2v) is 3.71. The molecule has 0 saturated carbocycles. The lowest BCUT2D eigenvalue weighted by atomic mass is 10.2. The molecule has 1 heterocycles. The zero-order chi connectivity index (χ0) is 14.9. The molecular weight excluding hydrogens is 273 g/mol. The number of H-pyrrole nitrogens is 1. The summed E-state index contributed by atoms with van der Waals surface area (Å²) >= 11 is 0. The van der Waals surface area contributed by atoms with Crippen LogP contribution in [0.4, 0.5) is 10.1 Å². The maximum absolute atomic E-state index is 13.5. The fourth-order valence-electron chi connectivity index (χ4n) is 1.57. The zero-order valence-electron chi connectivity index (χ0n) is 10.2. The summed E-state index contributed by atoms with van der Waals surface area (Å²) < 4.78 is 18.1. The van der Waals surface area contributed by atoms with Crippen LogP contribution in [0.3, 0.4) is 0 Å². The van der Waals surface area contributed by atoms with E-state index < -0.39 is 33.7 Å². The molecule has 0 bridgehead atoms. The van der Waals surface area contributed by atoms with Crippen molar-refractivity contribution >= 4 is 22.7 Å². The lowest BCUT2D eigenvalue weighted by Crippen LogP contribution is -2.22. The van der Waals surface area contributed by atoms with E-state index in [1.165, 1.54) is 0 Å². The van der Waals surface area contributed by atoms with Crippen LogP contribution in [0.25, 0.3) is 11.0 Å². The minimum absolute atomic E-state index is 0.0452. The molecule has 0 aliphatic rings. The molecule has 1 aromatic carbocycles. The van der Waals surface area contributed by atoms with Gasteiger partial charge in [0.2, 0.25) is 11.5 Å². The van der Waals surface area contributed by atoms with E-state index in [1.54, 1.807) is 6.92 Å². The van der Waals surface area contributed by atoms with E-state index >= 15 is 0 Å². The van der Waals surface area contributed by atoms with Crippen molar-refractivity contribution in [2.24, 2.45) is 0 Å². The van der Waals surface area contributed by atoms with Crippen molar-refractivity contribution in [2.75, 3.05) is 6.61 Å². The van der Waals surface area contributed by atoms with Crippen molar-refractivity contribution in [1.82, 2.24) is 9.97 Å². The van der Waals surface area contributed by atoms with Crippen LogP contribution in [0, 0.1) is 15.9 Å². The molecule has 0 aliphatic carbocycles. The van der Waals surface area contributed by atoms with Crippen LogP contribution in [0.5, 0.6) is 0 Å². The highest BCUT2D eigenvalue weighted by atomic mass is 19.1. The number of hydrogen-bond donors (Lipinski definition) is 1. The Hall–Kier alpha value is -2.84. The fourth-order valence-corrected chi connectivity index (χ4v) is 1.57. The number of aromatic amines is 1. The van der Waals surface area contributed by atoms with E-state index in [1.807, 2.05) is 0 Å². The summed E-state index contributed by atoms with van der Waals surface area (Å²) in [6, 6.07) is 1.61. The predicted molar refractivity (Wildman–Crippen MR) is 64.9 cm³/mol. The molecule has 0 amide bonds. The van der Waals surface area contributed by atoms with Crippen molar-refractivity contribution in [2.45, 2.75) is 6.92 Å². The normalized spacial score (nSPS) is 10.5. The van der Waals surface area contributed by atoms with Gasteiger partial charge in [-0.05, 0) is 6.92 Å². The van der Waals surface area contributed by atoms with Gasteiger partial charge in [0.1, 0.15) is 0 Å². The molecule has 2 aromatic rings. The maximum atomic E-state index is 13.5. The van der Waals surface area contributed by atoms with Gasteiger partial charge in [-0.25, -0.2) is 9.78 Å². The summed E-state index contributed by atoms with van der Waals surface area (Å²) in [5.41, 5.74) is -2.32. The van der Waals surface area contributed by atoms with Crippen LogP contribution in [0.2, 0.25) is 0 Å². The number of nitrogens with zero attached hydrogens (tertiary/aromatic N) is 2. The largest absolute Gasteiger partial charge is 0.461 e. The van der Waals surface area contributed by atoms with Crippen molar-refractivity contribution < 1.29 is 18.8 Å². The molecule has 20 heavy (non-hydrogen) atoms. The molecule has 8 nitrogen and oxygen atoms in total. The first kappa shape index (κ1) is 13.6. The van der Waals surface area contributed by atoms with Crippen LogP contribution in [-0.4, -0.2) is 27.5 Å². The molecule has 0 atom stereocenters. The molecule has 1 N–H and O–H groups in total. The van der Waals surface area contributed by atoms with E-state index in [-0.39, 0.29) is 17.6 Å². The van der Waals surface area contributed by atoms with Gasteiger partial charge >= 0.3 is 11.7 Å². The molecule has 0 spiro atoms. The minimum atomic E-state index is -1.11. The molecule has 0 aliphatic heterocycles. The molecule has 0 fully saturated rings. The van der Waals surface area contributed by atoms with E-state index in [4.69, 9.17) is 0 Å². The van der Waals surface area contributed by atoms with E-state index in [0.29, 0.717) is 0 Å². The first-order chi connectivity index (χ1) is 9.43. The third-order valence-corrected chi connectivity index (χ3v) is 2.43. The number of esters is 1. The smallest absolute Gasteiger partial charge is 0.362 e. The number of nitrogens with one attached hydrogen (secondary N) is 1. The van der Waals surface area contributed by atoms with Crippen LogP contribution in [0.15, 0.2) is 16.9 Å². The summed E-state index contributed by atoms with van der Waals surface area (Å²) in [6.07, 6.45) is 0. The molecule has 9 heteroatoms. The van der Waals surface area contributed by atoms with Crippen LogP contribution >= 0.6 is 0 Å². The minimum Gasteiger partial charge on any atom is -0.461 e. The Bertz CT molecular complexity index is 770. The first-order valence-electron chi connectivity index (χ1n) is 5.49. The third-order valence-electron chi connectivity index (χ3n) is 2.43. The zero-order valence-corrected chi connectivity index (χ0v) is 10.2. The van der Waals surface area contributed by atoms with Crippen LogP contribution < -0.4 is 5.56 Å². The molecule has 0 unspecified atom stereocenters. The molecule has 0 saturated heterocycles. The first-order valence-corrected chi connectivity index (χ1v) is 5.49. The van der Waals surface area contributed by atoms with Gasteiger partial charge in [0.15, 0.2) is 0 Å². The Morgan fingerprint density at radius 2 is 2.25 bits per heavy atom. The summed E-state index contributed by atoms with van der Waals surface area (Å²) in [4.78, 5) is 38.7. The SMILES string of the molecule is CCOC(=O)c1nc2cc(F)c([N+](=O)[O-])cc2[nH]c1=O. The highest BCUT2D eigenvalue weighted by Gasteiger charge is 2.19. The number of hydrogen-bond acceptors (Lipinski definition) is 6. The number of benzene rings is 1. The van der Waals surface area contributed by atoms with Gasteiger partial charge < -0.3 is 9.72 Å². The monoisotopic (exact) mass is 281 g/mol. The standard InChI is InChI=1S/C11H8FN3O5/c1-2-20-11(17)9-10(16)14-7-4-8(15(18)19)5(12)3-6(7)13-9/h3-4H,2H2,1H3,(H,14,16). The Morgan fingerprint density at radius 1 is 1.55 bits per heavy atom. The summed E-state index contributed by atoms with van der Waals surface area (Å²) in [5.74, 6) is -2.06. The number of fused-ring (bicyclic) bond motifs is 1. The fraction of sp³-hybridized carbons (Fsp3) is 0.182. The van der Waals surface area contributed by atoms with Crippen LogP contribution in [-0.2, 0) is 4.74 Å². The van der Waals surface area contributed by atoms with Crippen molar-refractivity contribution in [3.8, 4) is 0 Å². The summed E-state index contributed by atoms with van der Waals surface area (Å²) in [7, 11) is 0.